The minimum Gasteiger partial charge on any atom is -0.480 e. The molecule has 0 spiro atoms. The number of carbonyl (C=O) groups excluding carboxylic acids is 1. The molecule has 1 atom stereocenters. The quantitative estimate of drug-likeness (QED) is 0.841. The number of ether oxygens (including phenoxy) is 1. The zero-order valence-corrected chi connectivity index (χ0v) is 10.8. The third-order valence-electron chi connectivity index (χ3n) is 2.26. The zero-order chi connectivity index (χ0) is 14.1. The Kier molecular flexibility index (Phi) is 6.46. The first kappa shape index (κ1) is 15.0. The van der Waals surface area contributed by atoms with Crippen LogP contribution in [0.4, 0.5) is 4.79 Å². The van der Waals surface area contributed by atoms with Crippen LogP contribution in [-0.4, -0.2) is 23.2 Å². The van der Waals surface area contributed by atoms with Crippen molar-refractivity contribution in [2.45, 2.75) is 19.1 Å². The molecule has 1 unspecified atom stereocenters. The third-order valence-corrected chi connectivity index (χ3v) is 2.44. The standard InChI is InChI=1S/C13H14ClNO4/c14-8-4-7-11(12(16)17)15-13(18)19-9-10-5-2-1-3-6-10/h1-6,8,11H,7,9H2,(H,15,18)(H,16,17)/b8-4+. The van der Waals surface area contributed by atoms with E-state index >= 15 is 0 Å². The minimum atomic E-state index is -1.15. The molecule has 0 saturated carbocycles. The topological polar surface area (TPSA) is 75.6 Å². The monoisotopic (exact) mass is 283 g/mol. The molecular weight excluding hydrogens is 270 g/mol. The Morgan fingerprint density at radius 3 is 2.63 bits per heavy atom. The number of benzene rings is 1. The van der Waals surface area contributed by atoms with E-state index in [2.05, 4.69) is 5.32 Å². The maximum absolute atomic E-state index is 11.4. The maximum Gasteiger partial charge on any atom is 0.408 e. The van der Waals surface area contributed by atoms with Gasteiger partial charge in [-0.3, -0.25) is 0 Å². The molecule has 0 radical (unpaired) electrons. The highest BCUT2D eigenvalue weighted by molar-refractivity contribution is 6.25. The number of hydrogen-bond donors (Lipinski definition) is 2. The number of rotatable bonds is 6. The van der Waals surface area contributed by atoms with Crippen molar-refractivity contribution in [1.82, 2.24) is 5.32 Å². The van der Waals surface area contributed by atoms with Gasteiger partial charge in [-0.05, 0) is 12.0 Å². The van der Waals surface area contributed by atoms with E-state index in [0.29, 0.717) is 0 Å². The van der Waals surface area contributed by atoms with Gasteiger partial charge in [-0.1, -0.05) is 48.0 Å². The first-order valence-electron chi connectivity index (χ1n) is 5.58. The normalized spacial score (nSPS) is 12.1. The lowest BCUT2D eigenvalue weighted by Gasteiger charge is -2.12. The summed E-state index contributed by atoms with van der Waals surface area (Å²) in [5.74, 6) is -1.15. The van der Waals surface area contributed by atoms with Crippen LogP contribution in [0.15, 0.2) is 41.9 Å². The van der Waals surface area contributed by atoms with Gasteiger partial charge in [-0.25, -0.2) is 9.59 Å². The molecule has 2 N–H and O–H groups in total. The fraction of sp³-hybridized carbons (Fsp3) is 0.231. The van der Waals surface area contributed by atoms with Crippen molar-refractivity contribution < 1.29 is 19.4 Å². The molecule has 1 aromatic rings. The molecule has 1 rings (SSSR count). The third kappa shape index (κ3) is 5.92. The molecule has 0 saturated heterocycles. The second kappa shape index (κ2) is 8.16. The van der Waals surface area contributed by atoms with Crippen molar-refractivity contribution >= 4 is 23.7 Å². The molecule has 19 heavy (non-hydrogen) atoms. The van der Waals surface area contributed by atoms with E-state index in [-0.39, 0.29) is 13.0 Å². The van der Waals surface area contributed by atoms with Crippen LogP contribution >= 0.6 is 11.6 Å². The van der Waals surface area contributed by atoms with E-state index in [1.807, 2.05) is 18.2 Å². The largest absolute Gasteiger partial charge is 0.480 e. The van der Waals surface area contributed by atoms with E-state index < -0.39 is 18.1 Å². The van der Waals surface area contributed by atoms with E-state index in [1.54, 1.807) is 12.1 Å². The number of carboxylic acids is 1. The fourth-order valence-electron chi connectivity index (χ4n) is 1.32. The van der Waals surface area contributed by atoms with Crippen LogP contribution in [-0.2, 0) is 16.1 Å². The number of nitrogens with one attached hydrogen (secondary N) is 1. The maximum atomic E-state index is 11.4. The number of aliphatic carboxylic acids is 1. The molecular formula is C13H14ClNO4. The Bertz CT molecular complexity index is 447. The summed E-state index contributed by atoms with van der Waals surface area (Å²) in [6.07, 6.45) is 0.760. The van der Waals surface area contributed by atoms with Crippen LogP contribution in [0.1, 0.15) is 12.0 Å². The first-order chi connectivity index (χ1) is 9.13. The highest BCUT2D eigenvalue weighted by Crippen LogP contribution is 2.02. The number of amides is 1. The Morgan fingerprint density at radius 2 is 2.05 bits per heavy atom. The second-order valence-electron chi connectivity index (χ2n) is 3.69. The van der Waals surface area contributed by atoms with Gasteiger partial charge >= 0.3 is 12.1 Å². The van der Waals surface area contributed by atoms with Crippen LogP contribution < -0.4 is 5.32 Å². The Balaban J connectivity index is 2.42. The average molecular weight is 284 g/mol. The van der Waals surface area contributed by atoms with Gasteiger partial charge in [-0.2, -0.15) is 0 Å². The molecule has 1 aromatic carbocycles. The van der Waals surface area contributed by atoms with Crippen LogP contribution in [0.5, 0.6) is 0 Å². The molecule has 0 fully saturated rings. The summed E-state index contributed by atoms with van der Waals surface area (Å²) in [7, 11) is 0. The van der Waals surface area contributed by atoms with Crippen LogP contribution in [0, 0.1) is 0 Å². The molecule has 0 aromatic heterocycles. The number of halogens is 1. The summed E-state index contributed by atoms with van der Waals surface area (Å²) >= 11 is 5.31. The fourth-order valence-corrected chi connectivity index (χ4v) is 1.42. The van der Waals surface area contributed by atoms with Crippen LogP contribution in [0.2, 0.25) is 0 Å². The average Bonchev–Trinajstić information content (AvgIpc) is 2.42. The Morgan fingerprint density at radius 1 is 1.37 bits per heavy atom. The minimum absolute atomic E-state index is 0.0877. The SMILES string of the molecule is O=C(NC(C/C=C/Cl)C(=O)O)OCc1ccccc1. The lowest BCUT2D eigenvalue weighted by atomic mass is 10.2. The van der Waals surface area contributed by atoms with E-state index in [9.17, 15) is 9.59 Å². The van der Waals surface area contributed by atoms with Gasteiger partial charge < -0.3 is 15.2 Å². The van der Waals surface area contributed by atoms with Crippen LogP contribution in [0.3, 0.4) is 0 Å². The van der Waals surface area contributed by atoms with Gasteiger partial charge in [0.1, 0.15) is 12.6 Å². The Labute approximate surface area is 115 Å². The van der Waals surface area contributed by atoms with Crippen molar-refractivity contribution in [2.24, 2.45) is 0 Å². The van der Waals surface area contributed by atoms with Crippen LogP contribution in [0.25, 0.3) is 0 Å². The van der Waals surface area contributed by atoms with Crippen molar-refractivity contribution in [3.63, 3.8) is 0 Å². The predicted molar refractivity (Wildman–Crippen MR) is 70.8 cm³/mol. The molecule has 5 nitrogen and oxygen atoms in total. The second-order valence-corrected chi connectivity index (χ2v) is 3.95. The summed E-state index contributed by atoms with van der Waals surface area (Å²) in [5, 5.41) is 11.1. The molecule has 0 heterocycles. The summed E-state index contributed by atoms with van der Waals surface area (Å²) in [6, 6.07) is 8.04. The van der Waals surface area contributed by atoms with Crippen molar-refractivity contribution in [2.75, 3.05) is 0 Å². The molecule has 0 bridgehead atoms. The number of carboxylic acid groups (broad SMARTS) is 1. The summed E-state index contributed by atoms with van der Waals surface area (Å²) in [4.78, 5) is 22.3. The van der Waals surface area contributed by atoms with Gasteiger partial charge in [-0.15, -0.1) is 0 Å². The number of carbonyl (C=O) groups is 2. The van der Waals surface area contributed by atoms with E-state index in [1.165, 1.54) is 11.6 Å². The van der Waals surface area contributed by atoms with Crippen molar-refractivity contribution in [1.29, 1.82) is 0 Å². The smallest absolute Gasteiger partial charge is 0.408 e. The summed E-state index contributed by atoms with van der Waals surface area (Å²) in [5.41, 5.74) is 2.03. The van der Waals surface area contributed by atoms with Gasteiger partial charge in [0.15, 0.2) is 0 Å². The van der Waals surface area contributed by atoms with Gasteiger partial charge in [0.2, 0.25) is 0 Å². The van der Waals surface area contributed by atoms with Gasteiger partial charge in [0.05, 0.1) is 0 Å². The number of hydrogen-bond acceptors (Lipinski definition) is 3. The van der Waals surface area contributed by atoms with Gasteiger partial charge in [0.25, 0.3) is 0 Å². The number of alkyl carbamates (subject to hydrolysis) is 1. The molecule has 102 valence electrons. The first-order valence-corrected chi connectivity index (χ1v) is 6.02. The Hall–Kier alpha value is -2.01. The zero-order valence-electron chi connectivity index (χ0n) is 10.1. The van der Waals surface area contributed by atoms with Crippen molar-refractivity contribution in [3.05, 3.63) is 47.5 Å². The molecule has 6 heteroatoms. The molecule has 0 aliphatic carbocycles. The van der Waals surface area contributed by atoms with Gasteiger partial charge in [0, 0.05) is 5.54 Å². The van der Waals surface area contributed by atoms with E-state index in [4.69, 9.17) is 21.4 Å². The molecule has 0 aliphatic rings. The summed E-state index contributed by atoms with van der Waals surface area (Å²) in [6.45, 7) is 0.0877. The van der Waals surface area contributed by atoms with Crippen molar-refractivity contribution in [3.8, 4) is 0 Å². The highest BCUT2D eigenvalue weighted by Gasteiger charge is 2.19. The molecule has 1 amide bonds. The predicted octanol–water partition coefficient (Wildman–Crippen LogP) is 2.51. The van der Waals surface area contributed by atoms with E-state index in [0.717, 1.165) is 5.56 Å². The lowest BCUT2D eigenvalue weighted by molar-refractivity contribution is -0.139. The summed E-state index contributed by atoms with van der Waals surface area (Å²) < 4.78 is 4.92. The molecule has 0 aliphatic heterocycles. The highest BCUT2D eigenvalue weighted by atomic mass is 35.5. The lowest BCUT2D eigenvalue weighted by Crippen LogP contribution is -2.40.